The lowest BCUT2D eigenvalue weighted by Gasteiger charge is -2.28. The molecule has 1 aromatic carbocycles. The van der Waals surface area contributed by atoms with E-state index < -0.39 is 0 Å². The number of hydrogen-bond acceptors (Lipinski definition) is 4. The van der Waals surface area contributed by atoms with Crippen LogP contribution in [0.2, 0.25) is 0 Å². The number of carbonyl (C=O) groups is 1. The van der Waals surface area contributed by atoms with Gasteiger partial charge in [-0.3, -0.25) is 4.79 Å². The van der Waals surface area contributed by atoms with Crippen molar-refractivity contribution < 1.29 is 14.6 Å². The number of benzene rings is 1. The Morgan fingerprint density at radius 2 is 1.63 bits per heavy atom. The summed E-state index contributed by atoms with van der Waals surface area (Å²) in [6.45, 7) is 12.8. The topological polar surface area (TPSA) is 71.5 Å². The average molecular weight is 370 g/mol. The molecule has 1 aromatic heterocycles. The highest BCUT2D eigenvalue weighted by molar-refractivity contribution is 5.93. The van der Waals surface area contributed by atoms with Gasteiger partial charge in [0.15, 0.2) is 0 Å². The van der Waals surface area contributed by atoms with E-state index in [-0.39, 0.29) is 16.7 Å². The minimum atomic E-state index is -0.204. The van der Waals surface area contributed by atoms with Crippen molar-refractivity contribution in [2.75, 3.05) is 7.11 Å². The number of nitrogens with zero attached hydrogens (tertiary/aromatic N) is 1. The molecule has 5 heteroatoms. The lowest BCUT2D eigenvalue weighted by atomic mass is 9.78. The first-order chi connectivity index (χ1) is 12.4. The number of pyridine rings is 1. The van der Waals surface area contributed by atoms with E-state index in [4.69, 9.17) is 4.74 Å². The number of nitrogens with one attached hydrogen (secondary N) is 1. The Hall–Kier alpha value is -2.56. The fraction of sp³-hybridized carbons (Fsp3) is 0.455. The maximum absolute atomic E-state index is 12.4. The second kappa shape index (κ2) is 7.59. The Kier molecular flexibility index (Phi) is 5.83. The lowest BCUT2D eigenvalue weighted by Crippen LogP contribution is -2.24. The first-order valence-corrected chi connectivity index (χ1v) is 9.08. The van der Waals surface area contributed by atoms with Crippen LogP contribution in [0, 0.1) is 0 Å². The van der Waals surface area contributed by atoms with Crippen molar-refractivity contribution in [2.24, 2.45) is 0 Å². The molecule has 0 unspecified atom stereocenters. The third kappa shape index (κ3) is 5.00. The summed E-state index contributed by atoms with van der Waals surface area (Å²) < 4.78 is 5.01. The maximum atomic E-state index is 12.4. The summed E-state index contributed by atoms with van der Waals surface area (Å²) in [6, 6.07) is 7.28. The molecular weight excluding hydrogens is 340 g/mol. The number of phenolic OH excluding ortho intramolecular Hbond substituents is 1. The zero-order valence-corrected chi connectivity index (χ0v) is 17.3. The minimum absolute atomic E-state index is 0.201. The summed E-state index contributed by atoms with van der Waals surface area (Å²) in [5.74, 6) is 0.604. The van der Waals surface area contributed by atoms with E-state index in [1.165, 1.54) is 13.3 Å². The van der Waals surface area contributed by atoms with Gasteiger partial charge in [-0.25, -0.2) is 4.98 Å². The van der Waals surface area contributed by atoms with Gasteiger partial charge in [0.1, 0.15) is 5.75 Å². The molecule has 0 atom stereocenters. The van der Waals surface area contributed by atoms with Gasteiger partial charge in [-0.2, -0.15) is 0 Å². The molecule has 2 N–H and O–H groups in total. The Bertz CT molecular complexity index is 778. The van der Waals surface area contributed by atoms with Crippen LogP contribution in [0.15, 0.2) is 30.5 Å². The van der Waals surface area contributed by atoms with Gasteiger partial charge in [0, 0.05) is 18.8 Å². The molecule has 1 amide bonds. The molecule has 0 saturated carbocycles. The molecule has 2 rings (SSSR count). The largest absolute Gasteiger partial charge is 0.507 e. The molecule has 0 aliphatic rings. The van der Waals surface area contributed by atoms with Crippen LogP contribution < -0.4 is 10.1 Å². The fourth-order valence-corrected chi connectivity index (χ4v) is 2.86. The quantitative estimate of drug-likeness (QED) is 0.841. The number of methoxy groups -OCH3 is 1. The lowest BCUT2D eigenvalue weighted by molar-refractivity contribution is 0.0950. The van der Waals surface area contributed by atoms with Gasteiger partial charge in [0.25, 0.3) is 5.91 Å². The van der Waals surface area contributed by atoms with Crippen molar-refractivity contribution in [2.45, 2.75) is 58.9 Å². The maximum Gasteiger partial charge on any atom is 0.253 e. The highest BCUT2D eigenvalue weighted by Gasteiger charge is 2.26. The number of rotatable bonds is 4. The first-order valence-electron chi connectivity index (χ1n) is 9.08. The van der Waals surface area contributed by atoms with Gasteiger partial charge >= 0.3 is 0 Å². The number of phenols is 1. The Labute approximate surface area is 161 Å². The second-order valence-corrected chi connectivity index (χ2v) is 8.81. The predicted octanol–water partition coefficient (Wildman–Crippen LogP) is 4.32. The van der Waals surface area contributed by atoms with Crippen LogP contribution in [0.5, 0.6) is 11.6 Å². The monoisotopic (exact) mass is 370 g/mol. The van der Waals surface area contributed by atoms with Crippen molar-refractivity contribution in [1.29, 1.82) is 0 Å². The van der Waals surface area contributed by atoms with Gasteiger partial charge < -0.3 is 15.2 Å². The number of aromatic nitrogens is 1. The molecule has 0 radical (unpaired) electrons. The summed E-state index contributed by atoms with van der Waals surface area (Å²) >= 11 is 0. The molecule has 0 saturated heterocycles. The smallest absolute Gasteiger partial charge is 0.253 e. The highest BCUT2D eigenvalue weighted by atomic mass is 16.5. The third-order valence-electron chi connectivity index (χ3n) is 4.45. The van der Waals surface area contributed by atoms with Gasteiger partial charge in [0.2, 0.25) is 5.88 Å². The van der Waals surface area contributed by atoms with Crippen LogP contribution in [-0.2, 0) is 17.4 Å². The molecule has 146 valence electrons. The van der Waals surface area contributed by atoms with Crippen molar-refractivity contribution >= 4 is 5.91 Å². The van der Waals surface area contributed by atoms with Crippen molar-refractivity contribution in [3.8, 4) is 11.6 Å². The van der Waals surface area contributed by atoms with E-state index in [0.29, 0.717) is 23.7 Å². The number of aromatic hydroxyl groups is 1. The molecular formula is C22H30N2O3. The standard InChI is InChI=1S/C22H30N2O3/c1-21(2,3)16-10-14(11-17(19(16)25)22(4,5)6)12-24-20(26)15-8-9-18(27-7)23-13-15/h8-11,13,25H,12H2,1-7H3,(H,24,26). The molecule has 2 aromatic rings. The van der Waals surface area contributed by atoms with Crippen molar-refractivity contribution in [3.63, 3.8) is 0 Å². The SMILES string of the molecule is COc1ccc(C(=O)NCc2cc(C(C)(C)C)c(O)c(C(C)(C)C)c2)cn1. The molecule has 27 heavy (non-hydrogen) atoms. The summed E-state index contributed by atoms with van der Waals surface area (Å²) in [5.41, 5.74) is 2.78. The molecule has 0 fully saturated rings. The van der Waals surface area contributed by atoms with Crippen LogP contribution in [0.4, 0.5) is 0 Å². The van der Waals surface area contributed by atoms with Crippen LogP contribution in [0.25, 0.3) is 0 Å². The zero-order valence-electron chi connectivity index (χ0n) is 17.3. The highest BCUT2D eigenvalue weighted by Crippen LogP contribution is 2.39. The summed E-state index contributed by atoms with van der Waals surface area (Å²) in [4.78, 5) is 16.5. The molecule has 0 aliphatic heterocycles. The first kappa shape index (κ1) is 20.7. The number of ether oxygens (including phenoxy) is 1. The summed E-state index contributed by atoms with van der Waals surface area (Å²) in [5, 5.41) is 13.7. The number of amides is 1. The fourth-order valence-electron chi connectivity index (χ4n) is 2.86. The van der Waals surface area contributed by atoms with Crippen molar-refractivity contribution in [3.05, 3.63) is 52.7 Å². The number of hydrogen-bond donors (Lipinski definition) is 2. The van der Waals surface area contributed by atoms with E-state index in [9.17, 15) is 9.90 Å². The number of carbonyl (C=O) groups excluding carboxylic acids is 1. The molecule has 0 bridgehead atoms. The molecule has 5 nitrogen and oxygen atoms in total. The van der Waals surface area contributed by atoms with Crippen molar-refractivity contribution in [1.82, 2.24) is 10.3 Å². The molecule has 1 heterocycles. The molecule has 0 aliphatic carbocycles. The van der Waals surface area contributed by atoms with E-state index in [1.807, 2.05) is 12.1 Å². The third-order valence-corrected chi connectivity index (χ3v) is 4.45. The van der Waals surface area contributed by atoms with E-state index in [1.54, 1.807) is 12.1 Å². The molecule has 0 spiro atoms. The minimum Gasteiger partial charge on any atom is -0.507 e. The van der Waals surface area contributed by atoms with E-state index in [2.05, 4.69) is 51.8 Å². The van der Waals surface area contributed by atoms with Crippen LogP contribution in [0.3, 0.4) is 0 Å². The Balaban J connectivity index is 2.28. The second-order valence-electron chi connectivity index (χ2n) is 8.81. The van der Waals surface area contributed by atoms with Gasteiger partial charge in [-0.1, -0.05) is 41.5 Å². The normalized spacial score (nSPS) is 12.0. The average Bonchev–Trinajstić information content (AvgIpc) is 2.58. The summed E-state index contributed by atoms with van der Waals surface area (Å²) in [6.07, 6.45) is 1.49. The zero-order chi connectivity index (χ0) is 20.4. The van der Waals surface area contributed by atoms with Gasteiger partial charge in [-0.05, 0) is 45.7 Å². The Morgan fingerprint density at radius 1 is 1.07 bits per heavy atom. The van der Waals surface area contributed by atoms with Gasteiger partial charge in [0.05, 0.1) is 12.7 Å². The summed E-state index contributed by atoms with van der Waals surface area (Å²) in [7, 11) is 1.53. The Morgan fingerprint density at radius 3 is 2.04 bits per heavy atom. The van der Waals surface area contributed by atoms with Gasteiger partial charge in [-0.15, -0.1) is 0 Å². The van der Waals surface area contributed by atoms with Crippen LogP contribution in [-0.4, -0.2) is 23.1 Å². The van der Waals surface area contributed by atoms with E-state index in [0.717, 1.165) is 16.7 Å². The predicted molar refractivity (Wildman–Crippen MR) is 107 cm³/mol. The van der Waals surface area contributed by atoms with Crippen LogP contribution >= 0.6 is 0 Å². The van der Waals surface area contributed by atoms with Crippen LogP contribution in [0.1, 0.15) is 68.6 Å². The van der Waals surface area contributed by atoms with E-state index >= 15 is 0 Å².